The van der Waals surface area contributed by atoms with Gasteiger partial charge in [-0.25, -0.2) is 0 Å². The van der Waals surface area contributed by atoms with Gasteiger partial charge in [0.15, 0.2) is 0 Å². The van der Waals surface area contributed by atoms with Gasteiger partial charge in [-0.1, -0.05) is 18.2 Å². The summed E-state index contributed by atoms with van der Waals surface area (Å²) in [7, 11) is 2.02. The lowest BCUT2D eigenvalue weighted by atomic mass is 10.0. The van der Waals surface area contributed by atoms with Crippen molar-refractivity contribution in [3.63, 3.8) is 0 Å². The molecule has 0 aliphatic carbocycles. The van der Waals surface area contributed by atoms with Crippen LogP contribution in [0.15, 0.2) is 29.6 Å². The molecule has 1 atom stereocenters. The Morgan fingerprint density at radius 3 is 3.00 bits per heavy atom. The number of hydrogen-bond acceptors (Lipinski definition) is 2. The molecule has 1 aromatic carbocycles. The van der Waals surface area contributed by atoms with Crippen molar-refractivity contribution >= 4 is 21.4 Å². The standard InChI is InChI=1S/C13H17NS/c1-10(14-2)6-7-11-4-3-5-12-8-9-15-13(11)12/h3-5,8-10,14H,6-7H2,1-2H3. The van der Waals surface area contributed by atoms with E-state index in [4.69, 9.17) is 0 Å². The van der Waals surface area contributed by atoms with Gasteiger partial charge < -0.3 is 5.32 Å². The summed E-state index contributed by atoms with van der Waals surface area (Å²) in [6.07, 6.45) is 2.37. The molecule has 80 valence electrons. The molecule has 1 N–H and O–H groups in total. The van der Waals surface area contributed by atoms with Crippen molar-refractivity contribution < 1.29 is 0 Å². The minimum absolute atomic E-state index is 0.597. The van der Waals surface area contributed by atoms with Crippen LogP contribution in [-0.4, -0.2) is 13.1 Å². The van der Waals surface area contributed by atoms with Crippen LogP contribution in [0.25, 0.3) is 10.1 Å². The molecule has 0 aliphatic heterocycles. The first-order valence-electron chi connectivity index (χ1n) is 5.43. The topological polar surface area (TPSA) is 12.0 Å². The van der Waals surface area contributed by atoms with E-state index in [0.717, 1.165) is 0 Å². The van der Waals surface area contributed by atoms with Crippen LogP contribution >= 0.6 is 11.3 Å². The van der Waals surface area contributed by atoms with Crippen LogP contribution in [0.2, 0.25) is 0 Å². The van der Waals surface area contributed by atoms with Gasteiger partial charge in [-0.15, -0.1) is 11.3 Å². The third-order valence-corrected chi connectivity index (χ3v) is 3.91. The minimum Gasteiger partial charge on any atom is -0.317 e. The van der Waals surface area contributed by atoms with Crippen LogP contribution in [0.5, 0.6) is 0 Å². The summed E-state index contributed by atoms with van der Waals surface area (Å²) in [6, 6.07) is 9.40. The molecule has 0 fully saturated rings. The van der Waals surface area contributed by atoms with Gasteiger partial charge in [0.05, 0.1) is 0 Å². The van der Waals surface area contributed by atoms with E-state index in [1.165, 1.54) is 28.5 Å². The molecular formula is C13H17NS. The van der Waals surface area contributed by atoms with Gasteiger partial charge in [0, 0.05) is 10.7 Å². The third-order valence-electron chi connectivity index (χ3n) is 2.90. The first kappa shape index (κ1) is 10.7. The Balaban J connectivity index is 2.17. The second-order valence-electron chi connectivity index (χ2n) is 3.98. The number of aryl methyl sites for hydroxylation is 1. The number of hydrogen-bond donors (Lipinski definition) is 1. The van der Waals surface area contributed by atoms with Crippen LogP contribution in [0.1, 0.15) is 18.9 Å². The molecule has 0 aliphatic rings. The summed E-state index contributed by atoms with van der Waals surface area (Å²) in [5.74, 6) is 0. The smallest absolute Gasteiger partial charge is 0.0374 e. The molecule has 1 unspecified atom stereocenters. The zero-order chi connectivity index (χ0) is 10.7. The molecule has 0 radical (unpaired) electrons. The predicted molar refractivity (Wildman–Crippen MR) is 68.7 cm³/mol. The maximum atomic E-state index is 3.28. The van der Waals surface area contributed by atoms with E-state index in [1.54, 1.807) is 0 Å². The molecule has 0 bridgehead atoms. The van der Waals surface area contributed by atoms with Crippen molar-refractivity contribution in [1.29, 1.82) is 0 Å². The van der Waals surface area contributed by atoms with Crippen LogP contribution < -0.4 is 5.32 Å². The van der Waals surface area contributed by atoms with Crippen LogP contribution in [-0.2, 0) is 6.42 Å². The number of rotatable bonds is 4. The van der Waals surface area contributed by atoms with Gasteiger partial charge in [0.25, 0.3) is 0 Å². The molecule has 1 nitrogen and oxygen atoms in total. The van der Waals surface area contributed by atoms with Gasteiger partial charge >= 0.3 is 0 Å². The average Bonchev–Trinajstić information content (AvgIpc) is 2.74. The highest BCUT2D eigenvalue weighted by Gasteiger charge is 2.04. The fraction of sp³-hybridized carbons (Fsp3) is 0.385. The number of thiophene rings is 1. The maximum absolute atomic E-state index is 3.28. The molecule has 2 rings (SSSR count). The highest BCUT2D eigenvalue weighted by atomic mass is 32.1. The lowest BCUT2D eigenvalue weighted by molar-refractivity contribution is 0.566. The fourth-order valence-corrected chi connectivity index (χ4v) is 2.71. The van der Waals surface area contributed by atoms with Crippen molar-refractivity contribution in [2.24, 2.45) is 0 Å². The molecular weight excluding hydrogens is 202 g/mol. The Morgan fingerprint density at radius 1 is 1.33 bits per heavy atom. The first-order valence-corrected chi connectivity index (χ1v) is 6.31. The second-order valence-corrected chi connectivity index (χ2v) is 4.90. The zero-order valence-electron chi connectivity index (χ0n) is 9.29. The number of fused-ring (bicyclic) bond motifs is 1. The summed E-state index contributed by atoms with van der Waals surface area (Å²) in [6.45, 7) is 2.23. The average molecular weight is 219 g/mol. The molecule has 2 heteroatoms. The highest BCUT2D eigenvalue weighted by Crippen LogP contribution is 2.25. The van der Waals surface area contributed by atoms with Crippen molar-refractivity contribution in [3.8, 4) is 0 Å². The SMILES string of the molecule is CNC(C)CCc1cccc2ccsc12. The van der Waals surface area contributed by atoms with Gasteiger partial charge in [-0.05, 0) is 49.2 Å². The minimum atomic E-state index is 0.597. The summed E-state index contributed by atoms with van der Waals surface area (Å²) in [5, 5.41) is 6.84. The van der Waals surface area contributed by atoms with Gasteiger partial charge in [0.2, 0.25) is 0 Å². The summed E-state index contributed by atoms with van der Waals surface area (Å²) < 4.78 is 1.46. The Kier molecular flexibility index (Phi) is 3.39. The molecule has 1 heterocycles. The largest absolute Gasteiger partial charge is 0.317 e. The van der Waals surface area contributed by atoms with Gasteiger partial charge in [0.1, 0.15) is 0 Å². The number of benzene rings is 1. The molecule has 0 saturated heterocycles. The Hall–Kier alpha value is -0.860. The molecule has 1 aromatic heterocycles. The molecule has 0 spiro atoms. The second kappa shape index (κ2) is 4.77. The van der Waals surface area contributed by atoms with E-state index in [0.29, 0.717) is 6.04 Å². The lowest BCUT2D eigenvalue weighted by Gasteiger charge is -2.09. The quantitative estimate of drug-likeness (QED) is 0.830. The Labute approximate surface area is 95.1 Å². The maximum Gasteiger partial charge on any atom is 0.0374 e. The fourth-order valence-electron chi connectivity index (χ4n) is 1.77. The van der Waals surface area contributed by atoms with Crippen molar-refractivity contribution in [1.82, 2.24) is 5.32 Å². The predicted octanol–water partition coefficient (Wildman–Crippen LogP) is 3.44. The first-order chi connectivity index (χ1) is 7.31. The Morgan fingerprint density at radius 2 is 2.20 bits per heavy atom. The zero-order valence-corrected chi connectivity index (χ0v) is 10.1. The molecule has 0 amide bonds. The molecule has 2 aromatic rings. The number of nitrogens with one attached hydrogen (secondary N) is 1. The lowest BCUT2D eigenvalue weighted by Crippen LogP contribution is -2.21. The van der Waals surface area contributed by atoms with Gasteiger partial charge in [-0.3, -0.25) is 0 Å². The summed E-state index contributed by atoms with van der Waals surface area (Å²) in [4.78, 5) is 0. The van der Waals surface area contributed by atoms with Crippen molar-refractivity contribution in [3.05, 3.63) is 35.2 Å². The van der Waals surface area contributed by atoms with Crippen LogP contribution in [0, 0.1) is 0 Å². The normalized spacial score (nSPS) is 13.2. The summed E-state index contributed by atoms with van der Waals surface area (Å²) >= 11 is 1.85. The Bertz CT molecular complexity index is 433. The van der Waals surface area contributed by atoms with Gasteiger partial charge in [-0.2, -0.15) is 0 Å². The van der Waals surface area contributed by atoms with Crippen LogP contribution in [0.3, 0.4) is 0 Å². The van der Waals surface area contributed by atoms with Crippen molar-refractivity contribution in [2.45, 2.75) is 25.8 Å². The third kappa shape index (κ3) is 2.39. The van der Waals surface area contributed by atoms with E-state index in [9.17, 15) is 0 Å². The van der Waals surface area contributed by atoms with E-state index in [-0.39, 0.29) is 0 Å². The monoisotopic (exact) mass is 219 g/mol. The van der Waals surface area contributed by atoms with E-state index in [1.807, 2.05) is 18.4 Å². The van der Waals surface area contributed by atoms with E-state index in [2.05, 4.69) is 41.9 Å². The van der Waals surface area contributed by atoms with Crippen LogP contribution in [0.4, 0.5) is 0 Å². The molecule has 15 heavy (non-hydrogen) atoms. The van der Waals surface area contributed by atoms with E-state index < -0.39 is 0 Å². The summed E-state index contributed by atoms with van der Waals surface area (Å²) in [5.41, 5.74) is 1.49. The molecule has 0 saturated carbocycles. The highest BCUT2D eigenvalue weighted by molar-refractivity contribution is 7.17. The van der Waals surface area contributed by atoms with E-state index >= 15 is 0 Å². The van der Waals surface area contributed by atoms with Crippen molar-refractivity contribution in [2.75, 3.05) is 7.05 Å².